The van der Waals surface area contributed by atoms with Crippen LogP contribution in [0.5, 0.6) is 0 Å². The summed E-state index contributed by atoms with van der Waals surface area (Å²) in [7, 11) is 0. The number of hydrogen-bond donors (Lipinski definition) is 2. The van der Waals surface area contributed by atoms with Gasteiger partial charge in [0.25, 0.3) is 0 Å². The van der Waals surface area contributed by atoms with E-state index in [1.807, 2.05) is 18.2 Å². The summed E-state index contributed by atoms with van der Waals surface area (Å²) in [6.07, 6.45) is -0.314. The average molecular weight is 279 g/mol. The second-order valence-corrected chi connectivity index (χ2v) is 4.49. The summed E-state index contributed by atoms with van der Waals surface area (Å²) >= 11 is 9.22. The Morgan fingerprint density at radius 3 is 2.86 bits per heavy atom. The Morgan fingerprint density at radius 1 is 1.57 bits per heavy atom. The SMILES string of the molecule is C[C@H](O)CNCc1ccc(Cl)c(Br)c1. The Balaban J connectivity index is 2.47. The van der Waals surface area contributed by atoms with Crippen molar-refractivity contribution in [1.29, 1.82) is 0 Å². The van der Waals surface area contributed by atoms with E-state index in [0.29, 0.717) is 11.6 Å². The normalized spacial score (nSPS) is 12.9. The van der Waals surface area contributed by atoms with Crippen molar-refractivity contribution in [3.05, 3.63) is 33.3 Å². The second-order valence-electron chi connectivity index (χ2n) is 3.23. The zero-order valence-corrected chi connectivity index (χ0v) is 10.3. The number of benzene rings is 1. The Hall–Kier alpha value is -0.0900. The lowest BCUT2D eigenvalue weighted by Gasteiger charge is -2.07. The first-order valence-corrected chi connectivity index (χ1v) is 5.59. The quantitative estimate of drug-likeness (QED) is 0.887. The van der Waals surface area contributed by atoms with Crippen LogP contribution in [0, 0.1) is 0 Å². The molecule has 1 rings (SSSR count). The molecule has 0 aliphatic carbocycles. The third kappa shape index (κ3) is 3.96. The molecule has 1 aromatic carbocycles. The molecule has 0 spiro atoms. The third-order valence-electron chi connectivity index (χ3n) is 1.75. The number of rotatable bonds is 4. The zero-order valence-electron chi connectivity index (χ0n) is 7.93. The number of halogens is 2. The molecule has 0 amide bonds. The van der Waals surface area contributed by atoms with Gasteiger partial charge in [0.05, 0.1) is 11.1 Å². The molecule has 0 saturated heterocycles. The van der Waals surface area contributed by atoms with Crippen molar-refractivity contribution < 1.29 is 5.11 Å². The highest BCUT2D eigenvalue weighted by Crippen LogP contribution is 2.22. The Labute approximate surface area is 97.4 Å². The van der Waals surface area contributed by atoms with Crippen LogP contribution in [0.15, 0.2) is 22.7 Å². The summed E-state index contributed by atoms with van der Waals surface area (Å²) in [6.45, 7) is 3.09. The highest BCUT2D eigenvalue weighted by atomic mass is 79.9. The van der Waals surface area contributed by atoms with Crippen molar-refractivity contribution in [1.82, 2.24) is 5.32 Å². The molecule has 14 heavy (non-hydrogen) atoms. The summed E-state index contributed by atoms with van der Waals surface area (Å²) in [5.74, 6) is 0. The predicted molar refractivity (Wildman–Crippen MR) is 62.5 cm³/mol. The minimum absolute atomic E-state index is 0.314. The fraction of sp³-hybridized carbons (Fsp3) is 0.400. The highest BCUT2D eigenvalue weighted by molar-refractivity contribution is 9.10. The van der Waals surface area contributed by atoms with Crippen LogP contribution in [-0.4, -0.2) is 17.8 Å². The molecule has 1 atom stereocenters. The van der Waals surface area contributed by atoms with Crippen LogP contribution in [0.25, 0.3) is 0 Å². The van der Waals surface area contributed by atoms with E-state index in [-0.39, 0.29) is 6.10 Å². The number of aliphatic hydroxyl groups excluding tert-OH is 1. The smallest absolute Gasteiger partial charge is 0.0636 e. The van der Waals surface area contributed by atoms with E-state index in [1.165, 1.54) is 0 Å². The summed E-state index contributed by atoms with van der Waals surface area (Å²) in [5.41, 5.74) is 1.14. The highest BCUT2D eigenvalue weighted by Gasteiger charge is 1.99. The zero-order chi connectivity index (χ0) is 10.6. The molecule has 4 heteroatoms. The van der Waals surface area contributed by atoms with Gasteiger partial charge in [-0.15, -0.1) is 0 Å². The Bertz CT molecular complexity index is 304. The van der Waals surface area contributed by atoms with Gasteiger partial charge in [0.1, 0.15) is 0 Å². The Kier molecular flexibility index (Phi) is 4.89. The fourth-order valence-corrected chi connectivity index (χ4v) is 1.62. The van der Waals surface area contributed by atoms with Gasteiger partial charge in [0.15, 0.2) is 0 Å². The van der Waals surface area contributed by atoms with E-state index in [9.17, 15) is 0 Å². The summed E-state index contributed by atoms with van der Waals surface area (Å²) < 4.78 is 0.899. The van der Waals surface area contributed by atoms with Crippen molar-refractivity contribution in [2.45, 2.75) is 19.6 Å². The molecule has 0 bridgehead atoms. The van der Waals surface area contributed by atoms with Gasteiger partial charge < -0.3 is 10.4 Å². The molecule has 0 aliphatic rings. The summed E-state index contributed by atoms with van der Waals surface area (Å²) in [6, 6.07) is 5.78. The van der Waals surface area contributed by atoms with Crippen LogP contribution >= 0.6 is 27.5 Å². The van der Waals surface area contributed by atoms with Crippen LogP contribution in [-0.2, 0) is 6.54 Å². The molecular weight excluding hydrogens is 265 g/mol. The van der Waals surface area contributed by atoms with Crippen LogP contribution in [0.2, 0.25) is 5.02 Å². The lowest BCUT2D eigenvalue weighted by molar-refractivity contribution is 0.191. The molecule has 2 N–H and O–H groups in total. The molecule has 0 heterocycles. The first kappa shape index (κ1) is 12.0. The molecule has 0 saturated carbocycles. The minimum atomic E-state index is -0.314. The van der Waals surface area contributed by atoms with E-state index in [1.54, 1.807) is 6.92 Å². The van der Waals surface area contributed by atoms with E-state index in [2.05, 4.69) is 21.2 Å². The minimum Gasteiger partial charge on any atom is -0.392 e. The van der Waals surface area contributed by atoms with Gasteiger partial charge >= 0.3 is 0 Å². The van der Waals surface area contributed by atoms with Crippen molar-refractivity contribution in [2.24, 2.45) is 0 Å². The van der Waals surface area contributed by atoms with Gasteiger partial charge in [0, 0.05) is 17.6 Å². The van der Waals surface area contributed by atoms with Crippen LogP contribution in [0.1, 0.15) is 12.5 Å². The van der Waals surface area contributed by atoms with E-state index < -0.39 is 0 Å². The molecule has 0 unspecified atom stereocenters. The van der Waals surface area contributed by atoms with Gasteiger partial charge in [-0.2, -0.15) is 0 Å². The average Bonchev–Trinajstić information content (AvgIpc) is 2.10. The lowest BCUT2D eigenvalue weighted by Crippen LogP contribution is -2.23. The van der Waals surface area contributed by atoms with E-state index in [0.717, 1.165) is 16.6 Å². The maximum atomic E-state index is 9.04. The molecule has 0 aliphatic heterocycles. The maximum Gasteiger partial charge on any atom is 0.0636 e. The van der Waals surface area contributed by atoms with E-state index >= 15 is 0 Å². The first-order valence-electron chi connectivity index (χ1n) is 4.42. The first-order chi connectivity index (χ1) is 6.59. The van der Waals surface area contributed by atoms with E-state index in [4.69, 9.17) is 16.7 Å². The largest absolute Gasteiger partial charge is 0.392 e. The number of nitrogens with one attached hydrogen (secondary N) is 1. The number of hydrogen-bond acceptors (Lipinski definition) is 2. The Morgan fingerprint density at radius 2 is 2.29 bits per heavy atom. The van der Waals surface area contributed by atoms with Crippen LogP contribution in [0.3, 0.4) is 0 Å². The monoisotopic (exact) mass is 277 g/mol. The summed E-state index contributed by atoms with van der Waals surface area (Å²) in [4.78, 5) is 0. The molecule has 1 aromatic rings. The van der Waals surface area contributed by atoms with Gasteiger partial charge in [-0.1, -0.05) is 17.7 Å². The van der Waals surface area contributed by atoms with Crippen LogP contribution in [0.4, 0.5) is 0 Å². The lowest BCUT2D eigenvalue weighted by atomic mass is 10.2. The van der Waals surface area contributed by atoms with Gasteiger partial charge in [-0.25, -0.2) is 0 Å². The van der Waals surface area contributed by atoms with Gasteiger partial charge in [-0.3, -0.25) is 0 Å². The topological polar surface area (TPSA) is 32.3 Å². The summed E-state index contributed by atoms with van der Waals surface area (Å²) in [5, 5.41) is 12.9. The molecular formula is C10H13BrClNO. The van der Waals surface area contributed by atoms with Crippen molar-refractivity contribution in [3.63, 3.8) is 0 Å². The molecule has 0 aromatic heterocycles. The van der Waals surface area contributed by atoms with Gasteiger partial charge in [0.2, 0.25) is 0 Å². The second kappa shape index (κ2) is 5.71. The van der Waals surface area contributed by atoms with Crippen molar-refractivity contribution in [2.75, 3.05) is 6.54 Å². The number of aliphatic hydroxyl groups is 1. The molecule has 78 valence electrons. The fourth-order valence-electron chi connectivity index (χ4n) is 1.07. The third-order valence-corrected chi connectivity index (χ3v) is 2.97. The van der Waals surface area contributed by atoms with Gasteiger partial charge in [-0.05, 0) is 40.5 Å². The molecule has 2 nitrogen and oxygen atoms in total. The molecule has 0 radical (unpaired) electrons. The standard InChI is InChI=1S/C10H13BrClNO/c1-7(14)5-13-6-8-2-3-10(12)9(11)4-8/h2-4,7,13-14H,5-6H2,1H3/t7-/m0/s1. The maximum absolute atomic E-state index is 9.04. The van der Waals surface area contributed by atoms with Crippen molar-refractivity contribution >= 4 is 27.5 Å². The van der Waals surface area contributed by atoms with Crippen LogP contribution < -0.4 is 5.32 Å². The molecule has 0 fully saturated rings. The van der Waals surface area contributed by atoms with Crippen molar-refractivity contribution in [3.8, 4) is 0 Å². The predicted octanol–water partition coefficient (Wildman–Crippen LogP) is 2.57.